The average molecular weight is 534 g/mol. The second-order valence-electron chi connectivity index (χ2n) is 9.94. The first kappa shape index (κ1) is 28.0. The normalized spacial score (nSPS) is 13.9. The molecule has 0 spiro atoms. The topological polar surface area (TPSA) is 120 Å². The maximum absolute atomic E-state index is 13.0. The minimum absolute atomic E-state index is 0.105. The number of rotatable bonds is 12. The summed E-state index contributed by atoms with van der Waals surface area (Å²) in [5.41, 5.74) is 1.10. The van der Waals surface area contributed by atoms with E-state index in [0.29, 0.717) is 55.5 Å². The van der Waals surface area contributed by atoms with Gasteiger partial charge in [0.05, 0.1) is 21.4 Å². The first-order valence-corrected chi connectivity index (χ1v) is 14.4. The molecule has 3 aromatic rings. The van der Waals surface area contributed by atoms with E-state index in [1.165, 1.54) is 17.4 Å². The number of hydrogen-bond donors (Lipinski definition) is 3. The van der Waals surface area contributed by atoms with E-state index >= 15 is 0 Å². The number of sulfonamides is 1. The van der Waals surface area contributed by atoms with Crippen molar-refractivity contribution in [1.82, 2.24) is 9.88 Å². The third-order valence-corrected chi connectivity index (χ3v) is 8.30. The zero-order valence-electron chi connectivity index (χ0n) is 21.2. The van der Waals surface area contributed by atoms with Gasteiger partial charge in [0.25, 0.3) is 15.9 Å². The third kappa shape index (κ3) is 7.49. The third-order valence-electron chi connectivity index (χ3n) is 6.09. The van der Waals surface area contributed by atoms with Crippen molar-refractivity contribution in [2.24, 2.45) is 0 Å². The number of anilines is 1. The minimum atomic E-state index is -3.85. The van der Waals surface area contributed by atoms with E-state index in [4.69, 9.17) is 0 Å². The van der Waals surface area contributed by atoms with E-state index in [0.717, 1.165) is 4.70 Å². The standard InChI is InChI=1S/C26H35N3O5S2/c1-5-29(17-16-26(4,32)15-7-14-25(2,3)31)24(30)19-10-12-20(13-11-19)28-36(33,34)22-9-6-8-21-23(22)27-18-35-21/h6,8-13,18,28,31-32H,5,7,14-17H2,1-4H3. The Morgan fingerprint density at radius 3 is 2.39 bits per heavy atom. The van der Waals surface area contributed by atoms with E-state index in [1.807, 2.05) is 13.0 Å². The lowest BCUT2D eigenvalue weighted by molar-refractivity contribution is 0.0172. The second-order valence-corrected chi connectivity index (χ2v) is 12.5. The number of nitrogens with one attached hydrogen (secondary N) is 1. The van der Waals surface area contributed by atoms with E-state index in [9.17, 15) is 23.4 Å². The molecule has 3 rings (SSSR count). The number of thiazole rings is 1. The number of carbonyl (C=O) groups excluding carboxylic acids is 1. The predicted octanol–water partition coefficient (Wildman–Crippen LogP) is 4.64. The van der Waals surface area contributed by atoms with Crippen LogP contribution in [-0.4, -0.2) is 58.7 Å². The summed E-state index contributed by atoms with van der Waals surface area (Å²) in [4.78, 5) is 19.0. The number of para-hydroxylation sites is 1. The Hall–Kier alpha value is -2.53. The molecule has 0 fully saturated rings. The van der Waals surface area contributed by atoms with Crippen LogP contribution in [0.25, 0.3) is 10.2 Å². The van der Waals surface area contributed by atoms with E-state index in [-0.39, 0.29) is 10.8 Å². The van der Waals surface area contributed by atoms with Crippen LogP contribution < -0.4 is 4.72 Å². The van der Waals surface area contributed by atoms with Gasteiger partial charge in [-0.2, -0.15) is 0 Å². The van der Waals surface area contributed by atoms with Crippen LogP contribution in [0.4, 0.5) is 5.69 Å². The zero-order chi connectivity index (χ0) is 26.6. The van der Waals surface area contributed by atoms with Gasteiger partial charge in [0.2, 0.25) is 0 Å². The van der Waals surface area contributed by atoms with Crippen molar-refractivity contribution >= 4 is 43.2 Å². The van der Waals surface area contributed by atoms with E-state index in [1.54, 1.807) is 61.5 Å². The molecular weight excluding hydrogens is 498 g/mol. The Balaban J connectivity index is 1.62. The van der Waals surface area contributed by atoms with Crippen LogP contribution in [0.15, 0.2) is 52.9 Å². The fraction of sp³-hybridized carbons (Fsp3) is 0.462. The molecule has 3 N–H and O–H groups in total. The predicted molar refractivity (Wildman–Crippen MR) is 144 cm³/mol. The minimum Gasteiger partial charge on any atom is -0.390 e. The molecule has 0 aliphatic rings. The number of carbonyl (C=O) groups is 1. The molecular formula is C26H35N3O5S2. The molecule has 0 radical (unpaired) electrons. The molecule has 0 bridgehead atoms. The Morgan fingerprint density at radius 1 is 1.06 bits per heavy atom. The molecule has 196 valence electrons. The van der Waals surface area contributed by atoms with Gasteiger partial charge in [-0.05, 0) is 89.8 Å². The summed E-state index contributed by atoms with van der Waals surface area (Å²) in [5.74, 6) is -0.188. The molecule has 1 aromatic heterocycles. The SMILES string of the molecule is CCN(CCC(C)(O)CCCC(C)(C)O)C(=O)c1ccc(NS(=O)(=O)c2cccc3scnc23)cc1. The number of fused-ring (bicyclic) bond motifs is 1. The highest BCUT2D eigenvalue weighted by molar-refractivity contribution is 7.93. The highest BCUT2D eigenvalue weighted by Gasteiger charge is 2.25. The maximum Gasteiger partial charge on any atom is 0.264 e. The van der Waals surface area contributed by atoms with Gasteiger partial charge in [-0.25, -0.2) is 13.4 Å². The quantitative estimate of drug-likeness (QED) is 0.312. The summed E-state index contributed by atoms with van der Waals surface area (Å²) >= 11 is 1.37. The summed E-state index contributed by atoms with van der Waals surface area (Å²) in [6.45, 7) is 7.99. The fourth-order valence-corrected chi connectivity index (χ4v) is 5.96. The molecule has 0 saturated carbocycles. The highest BCUT2D eigenvalue weighted by atomic mass is 32.2. The van der Waals surface area contributed by atoms with Gasteiger partial charge >= 0.3 is 0 Å². The lowest BCUT2D eigenvalue weighted by Crippen LogP contribution is -2.37. The molecule has 0 saturated heterocycles. The number of aromatic nitrogens is 1. The van der Waals surface area contributed by atoms with Gasteiger partial charge in [-0.15, -0.1) is 11.3 Å². The summed E-state index contributed by atoms with van der Waals surface area (Å²) < 4.78 is 29.2. The Bertz CT molecular complexity index is 1280. The lowest BCUT2D eigenvalue weighted by Gasteiger charge is -2.29. The lowest BCUT2D eigenvalue weighted by atomic mass is 9.91. The largest absolute Gasteiger partial charge is 0.390 e. The zero-order valence-corrected chi connectivity index (χ0v) is 22.8. The summed E-state index contributed by atoms with van der Waals surface area (Å²) in [5, 5.41) is 20.6. The number of nitrogens with zero attached hydrogens (tertiary/aromatic N) is 2. The fourth-order valence-electron chi connectivity index (χ4n) is 3.96. The van der Waals surface area contributed by atoms with E-state index in [2.05, 4.69) is 9.71 Å². The van der Waals surface area contributed by atoms with Crippen LogP contribution >= 0.6 is 11.3 Å². The number of hydrogen-bond acceptors (Lipinski definition) is 7. The smallest absolute Gasteiger partial charge is 0.264 e. The average Bonchev–Trinajstić information content (AvgIpc) is 3.27. The highest BCUT2D eigenvalue weighted by Crippen LogP contribution is 2.27. The van der Waals surface area contributed by atoms with Gasteiger partial charge in [-0.3, -0.25) is 9.52 Å². The van der Waals surface area contributed by atoms with Gasteiger partial charge in [0, 0.05) is 24.3 Å². The van der Waals surface area contributed by atoms with Crippen LogP contribution in [0.2, 0.25) is 0 Å². The molecule has 1 amide bonds. The van der Waals surface area contributed by atoms with Crippen LogP contribution in [0.1, 0.15) is 63.7 Å². The van der Waals surface area contributed by atoms with Crippen molar-refractivity contribution in [3.63, 3.8) is 0 Å². The van der Waals surface area contributed by atoms with Crippen molar-refractivity contribution in [2.75, 3.05) is 17.8 Å². The van der Waals surface area contributed by atoms with Crippen molar-refractivity contribution in [2.45, 2.75) is 69.5 Å². The van der Waals surface area contributed by atoms with Crippen LogP contribution in [0.3, 0.4) is 0 Å². The summed E-state index contributed by atoms with van der Waals surface area (Å²) in [7, 11) is -3.85. The molecule has 1 heterocycles. The first-order chi connectivity index (χ1) is 16.8. The van der Waals surface area contributed by atoms with Crippen molar-refractivity contribution < 1.29 is 23.4 Å². The van der Waals surface area contributed by atoms with Gasteiger partial charge in [0.1, 0.15) is 10.4 Å². The molecule has 10 heteroatoms. The number of amides is 1. The number of benzene rings is 2. The van der Waals surface area contributed by atoms with Crippen molar-refractivity contribution in [3.8, 4) is 0 Å². The molecule has 0 aliphatic carbocycles. The van der Waals surface area contributed by atoms with Crippen LogP contribution in [-0.2, 0) is 10.0 Å². The van der Waals surface area contributed by atoms with Crippen LogP contribution in [0, 0.1) is 0 Å². The molecule has 0 aliphatic heterocycles. The molecule has 1 unspecified atom stereocenters. The molecule has 36 heavy (non-hydrogen) atoms. The maximum atomic E-state index is 13.0. The molecule has 8 nitrogen and oxygen atoms in total. The Morgan fingerprint density at radius 2 is 1.75 bits per heavy atom. The molecule has 2 aromatic carbocycles. The van der Waals surface area contributed by atoms with Crippen LogP contribution in [0.5, 0.6) is 0 Å². The first-order valence-electron chi connectivity index (χ1n) is 12.0. The summed E-state index contributed by atoms with van der Waals surface area (Å²) in [6, 6.07) is 11.3. The number of aliphatic hydroxyl groups is 2. The summed E-state index contributed by atoms with van der Waals surface area (Å²) in [6.07, 6.45) is 2.23. The van der Waals surface area contributed by atoms with Gasteiger partial charge in [0.15, 0.2) is 0 Å². The van der Waals surface area contributed by atoms with Gasteiger partial charge in [-0.1, -0.05) is 6.07 Å². The Labute approximate surface area is 217 Å². The van der Waals surface area contributed by atoms with Gasteiger partial charge < -0.3 is 15.1 Å². The van der Waals surface area contributed by atoms with E-state index < -0.39 is 21.2 Å². The molecule has 1 atom stereocenters. The van der Waals surface area contributed by atoms with Crippen molar-refractivity contribution in [3.05, 3.63) is 53.5 Å². The Kier molecular flexibility index (Phi) is 8.76. The second kappa shape index (κ2) is 11.2. The van der Waals surface area contributed by atoms with Crippen molar-refractivity contribution in [1.29, 1.82) is 0 Å². The monoisotopic (exact) mass is 533 g/mol.